The van der Waals surface area contributed by atoms with Gasteiger partial charge in [-0.1, -0.05) is 28.1 Å². The van der Waals surface area contributed by atoms with Crippen molar-refractivity contribution in [2.75, 3.05) is 19.6 Å². The molecule has 6 heteroatoms. The molecule has 0 bridgehead atoms. The highest BCUT2D eigenvalue weighted by molar-refractivity contribution is 9.10. The van der Waals surface area contributed by atoms with Gasteiger partial charge in [0.25, 0.3) is 0 Å². The molecule has 1 heterocycles. The predicted molar refractivity (Wildman–Crippen MR) is 93.7 cm³/mol. The number of carbonyl (C=O) groups excluding carboxylic acids is 2. The van der Waals surface area contributed by atoms with Gasteiger partial charge in [-0.25, -0.2) is 0 Å². The number of rotatable bonds is 4. The SMILES string of the molecule is CC(=O)N1CCC(CNC(=O)C(C)(N)c2ccc(Br)cc2)CC1. The van der Waals surface area contributed by atoms with Crippen LogP contribution in [0.25, 0.3) is 0 Å². The zero-order chi connectivity index (χ0) is 17.0. The van der Waals surface area contributed by atoms with Crippen LogP contribution in [-0.4, -0.2) is 36.3 Å². The van der Waals surface area contributed by atoms with Gasteiger partial charge in [0.2, 0.25) is 11.8 Å². The van der Waals surface area contributed by atoms with Crippen molar-refractivity contribution in [3.8, 4) is 0 Å². The smallest absolute Gasteiger partial charge is 0.244 e. The van der Waals surface area contributed by atoms with Crippen LogP contribution in [0.15, 0.2) is 28.7 Å². The maximum atomic E-state index is 12.5. The average molecular weight is 382 g/mol. The molecule has 126 valence electrons. The van der Waals surface area contributed by atoms with E-state index in [1.54, 1.807) is 13.8 Å². The summed E-state index contributed by atoms with van der Waals surface area (Å²) in [6.07, 6.45) is 1.83. The Morgan fingerprint density at radius 3 is 2.39 bits per heavy atom. The Labute approximate surface area is 145 Å². The summed E-state index contributed by atoms with van der Waals surface area (Å²) < 4.78 is 0.953. The number of hydrogen-bond donors (Lipinski definition) is 2. The minimum atomic E-state index is -1.05. The third-order valence-electron chi connectivity index (χ3n) is 4.53. The maximum absolute atomic E-state index is 12.5. The van der Waals surface area contributed by atoms with Gasteiger partial charge in [-0.3, -0.25) is 9.59 Å². The number of likely N-dealkylation sites (tertiary alicyclic amines) is 1. The molecule has 1 aliphatic rings. The Kier molecular flexibility index (Phi) is 5.81. The Balaban J connectivity index is 1.87. The van der Waals surface area contributed by atoms with Crippen molar-refractivity contribution in [2.24, 2.45) is 11.7 Å². The van der Waals surface area contributed by atoms with Crippen LogP contribution in [0.1, 0.15) is 32.3 Å². The summed E-state index contributed by atoms with van der Waals surface area (Å²) in [4.78, 5) is 25.6. The zero-order valence-electron chi connectivity index (χ0n) is 13.6. The van der Waals surface area contributed by atoms with Crippen LogP contribution in [0.3, 0.4) is 0 Å². The van der Waals surface area contributed by atoms with Crippen molar-refractivity contribution < 1.29 is 9.59 Å². The molecule has 1 fully saturated rings. The molecule has 2 rings (SSSR count). The van der Waals surface area contributed by atoms with Crippen molar-refractivity contribution in [1.29, 1.82) is 0 Å². The highest BCUT2D eigenvalue weighted by atomic mass is 79.9. The molecule has 0 spiro atoms. The van der Waals surface area contributed by atoms with Crippen LogP contribution in [0, 0.1) is 5.92 Å². The van der Waals surface area contributed by atoms with E-state index in [4.69, 9.17) is 5.73 Å². The fourth-order valence-corrected chi connectivity index (χ4v) is 3.06. The molecule has 0 saturated carbocycles. The van der Waals surface area contributed by atoms with Gasteiger partial charge in [-0.2, -0.15) is 0 Å². The fourth-order valence-electron chi connectivity index (χ4n) is 2.80. The van der Waals surface area contributed by atoms with Crippen molar-refractivity contribution in [2.45, 2.75) is 32.2 Å². The van der Waals surface area contributed by atoms with Gasteiger partial charge in [0, 0.05) is 31.0 Å². The van der Waals surface area contributed by atoms with Gasteiger partial charge >= 0.3 is 0 Å². The minimum absolute atomic E-state index is 0.122. The lowest BCUT2D eigenvalue weighted by Gasteiger charge is -2.32. The van der Waals surface area contributed by atoms with E-state index in [2.05, 4.69) is 21.2 Å². The molecule has 1 aromatic carbocycles. The van der Waals surface area contributed by atoms with Crippen molar-refractivity contribution in [3.63, 3.8) is 0 Å². The normalized spacial score (nSPS) is 18.3. The van der Waals surface area contributed by atoms with Crippen molar-refractivity contribution >= 4 is 27.7 Å². The average Bonchev–Trinajstić information content (AvgIpc) is 2.53. The second kappa shape index (κ2) is 7.45. The van der Waals surface area contributed by atoms with E-state index in [1.165, 1.54) is 0 Å². The third-order valence-corrected chi connectivity index (χ3v) is 5.06. The maximum Gasteiger partial charge on any atom is 0.244 e. The second-order valence-electron chi connectivity index (χ2n) is 6.37. The molecule has 2 amide bonds. The summed E-state index contributed by atoms with van der Waals surface area (Å²) in [5, 5.41) is 2.97. The van der Waals surface area contributed by atoms with E-state index in [-0.39, 0.29) is 11.8 Å². The van der Waals surface area contributed by atoms with Crippen LogP contribution >= 0.6 is 15.9 Å². The van der Waals surface area contributed by atoms with Crippen molar-refractivity contribution in [1.82, 2.24) is 10.2 Å². The predicted octanol–water partition coefficient (Wildman–Crippen LogP) is 2.00. The van der Waals surface area contributed by atoms with Crippen LogP contribution in [0.4, 0.5) is 0 Å². The zero-order valence-corrected chi connectivity index (χ0v) is 15.2. The highest BCUT2D eigenvalue weighted by Crippen LogP contribution is 2.21. The van der Waals surface area contributed by atoms with Crippen molar-refractivity contribution in [3.05, 3.63) is 34.3 Å². The van der Waals surface area contributed by atoms with Gasteiger partial charge in [0.15, 0.2) is 0 Å². The van der Waals surface area contributed by atoms with E-state index in [0.29, 0.717) is 12.5 Å². The summed E-state index contributed by atoms with van der Waals surface area (Å²) in [5.41, 5.74) is 5.96. The number of hydrogen-bond acceptors (Lipinski definition) is 3. The molecule has 1 aromatic rings. The molecule has 1 saturated heterocycles. The number of halogens is 1. The Bertz CT molecular complexity index is 564. The first-order valence-electron chi connectivity index (χ1n) is 7.89. The molecule has 3 N–H and O–H groups in total. The van der Waals surface area contributed by atoms with Gasteiger partial charge in [-0.05, 0) is 43.4 Å². The number of piperidine rings is 1. The third kappa shape index (κ3) is 4.54. The first-order chi connectivity index (χ1) is 10.8. The van der Waals surface area contributed by atoms with E-state index in [1.807, 2.05) is 29.2 Å². The second-order valence-corrected chi connectivity index (χ2v) is 7.28. The Morgan fingerprint density at radius 1 is 1.30 bits per heavy atom. The lowest BCUT2D eigenvalue weighted by atomic mass is 9.91. The standard InChI is InChI=1S/C17H24BrN3O2/c1-12(22)21-9-7-13(8-10-21)11-20-16(23)17(2,19)14-3-5-15(18)6-4-14/h3-6,13H,7-11,19H2,1-2H3,(H,20,23). The van der Waals surface area contributed by atoms with Crippen LogP contribution < -0.4 is 11.1 Å². The molecule has 0 aromatic heterocycles. The molecular weight excluding hydrogens is 358 g/mol. The molecule has 5 nitrogen and oxygen atoms in total. The lowest BCUT2D eigenvalue weighted by Crippen LogP contribution is -2.50. The topological polar surface area (TPSA) is 75.4 Å². The largest absolute Gasteiger partial charge is 0.354 e. The lowest BCUT2D eigenvalue weighted by molar-refractivity contribution is -0.130. The van der Waals surface area contributed by atoms with Gasteiger partial charge in [0.1, 0.15) is 5.54 Å². The molecule has 0 aliphatic carbocycles. The summed E-state index contributed by atoms with van der Waals surface area (Å²) >= 11 is 3.38. The number of nitrogens with zero attached hydrogens (tertiary/aromatic N) is 1. The van der Waals surface area contributed by atoms with Crippen LogP contribution in [0.2, 0.25) is 0 Å². The number of benzene rings is 1. The summed E-state index contributed by atoms with van der Waals surface area (Å²) in [6.45, 7) is 5.46. The Hall–Kier alpha value is -1.40. The quantitative estimate of drug-likeness (QED) is 0.837. The number of nitrogens with two attached hydrogens (primary N) is 1. The van der Waals surface area contributed by atoms with E-state index in [9.17, 15) is 9.59 Å². The number of amides is 2. The van der Waals surface area contributed by atoms with E-state index >= 15 is 0 Å². The summed E-state index contributed by atoms with van der Waals surface area (Å²) in [7, 11) is 0. The van der Waals surface area contributed by atoms with Gasteiger partial charge < -0.3 is 16.0 Å². The molecule has 1 aliphatic heterocycles. The minimum Gasteiger partial charge on any atom is -0.354 e. The molecule has 23 heavy (non-hydrogen) atoms. The van der Waals surface area contributed by atoms with E-state index in [0.717, 1.165) is 36.0 Å². The van der Waals surface area contributed by atoms with E-state index < -0.39 is 5.54 Å². The molecule has 1 unspecified atom stereocenters. The molecule has 0 radical (unpaired) electrons. The van der Waals surface area contributed by atoms with Gasteiger partial charge in [-0.15, -0.1) is 0 Å². The van der Waals surface area contributed by atoms with Crippen LogP contribution in [-0.2, 0) is 15.1 Å². The Morgan fingerprint density at radius 2 is 1.87 bits per heavy atom. The first-order valence-corrected chi connectivity index (χ1v) is 8.68. The summed E-state index contributed by atoms with van der Waals surface area (Å²) in [5.74, 6) is 0.348. The first kappa shape index (κ1) is 17.9. The number of nitrogens with one attached hydrogen (secondary N) is 1. The van der Waals surface area contributed by atoms with Gasteiger partial charge in [0.05, 0.1) is 0 Å². The molecular formula is C17H24BrN3O2. The fraction of sp³-hybridized carbons (Fsp3) is 0.529. The van der Waals surface area contributed by atoms with Crippen LogP contribution in [0.5, 0.6) is 0 Å². The molecule has 1 atom stereocenters. The highest BCUT2D eigenvalue weighted by Gasteiger charge is 2.31. The summed E-state index contributed by atoms with van der Waals surface area (Å²) in [6, 6.07) is 7.47. The number of carbonyl (C=O) groups is 2. The monoisotopic (exact) mass is 381 g/mol.